The van der Waals surface area contributed by atoms with E-state index in [-0.39, 0.29) is 11.0 Å². The zero-order valence-corrected chi connectivity index (χ0v) is 7.40. The molecule has 0 aromatic carbocycles. The van der Waals surface area contributed by atoms with Crippen molar-refractivity contribution in [1.82, 2.24) is 0 Å². The van der Waals surface area contributed by atoms with E-state index in [1.54, 1.807) is 0 Å². The fourth-order valence-electron chi connectivity index (χ4n) is 1.50. The first-order valence-electron chi connectivity index (χ1n) is 4.71. The Bertz CT molecular complexity index is 233. The van der Waals surface area contributed by atoms with Crippen molar-refractivity contribution in [1.29, 1.82) is 0 Å². The standard InChI is InChI=1S/C10H16N2/c11-8-9(2-1-3-9)4-5-10(12)6-7-10/h1-3,6-8,11-12H2. The van der Waals surface area contributed by atoms with Gasteiger partial charge in [0, 0.05) is 12.0 Å². The third-order valence-corrected chi connectivity index (χ3v) is 3.07. The van der Waals surface area contributed by atoms with Crippen LogP contribution in [-0.2, 0) is 0 Å². The first-order valence-corrected chi connectivity index (χ1v) is 4.71. The van der Waals surface area contributed by atoms with Gasteiger partial charge < -0.3 is 11.5 Å². The largest absolute Gasteiger partial charge is 0.329 e. The van der Waals surface area contributed by atoms with Crippen LogP contribution in [0.15, 0.2) is 0 Å². The van der Waals surface area contributed by atoms with Gasteiger partial charge in [0.2, 0.25) is 0 Å². The summed E-state index contributed by atoms with van der Waals surface area (Å²) in [4.78, 5) is 0. The van der Waals surface area contributed by atoms with Gasteiger partial charge in [-0.15, -0.1) is 0 Å². The van der Waals surface area contributed by atoms with Crippen molar-refractivity contribution in [3.63, 3.8) is 0 Å². The first kappa shape index (κ1) is 8.10. The molecule has 2 aliphatic rings. The van der Waals surface area contributed by atoms with E-state index in [2.05, 4.69) is 11.8 Å². The second-order valence-corrected chi connectivity index (χ2v) is 4.24. The van der Waals surface area contributed by atoms with Crippen LogP contribution in [0.3, 0.4) is 0 Å². The van der Waals surface area contributed by atoms with Gasteiger partial charge in [-0.05, 0) is 25.7 Å². The predicted octanol–water partition coefficient (Wildman–Crippen LogP) is 0.610. The van der Waals surface area contributed by atoms with Crippen LogP contribution in [-0.4, -0.2) is 12.1 Å². The van der Waals surface area contributed by atoms with E-state index >= 15 is 0 Å². The van der Waals surface area contributed by atoms with Crippen LogP contribution >= 0.6 is 0 Å². The van der Waals surface area contributed by atoms with Crippen molar-refractivity contribution in [2.24, 2.45) is 16.9 Å². The van der Waals surface area contributed by atoms with Crippen LogP contribution in [0, 0.1) is 17.3 Å². The summed E-state index contributed by atoms with van der Waals surface area (Å²) in [5.74, 6) is 6.46. The molecule has 0 atom stereocenters. The smallest absolute Gasteiger partial charge is 0.0778 e. The summed E-state index contributed by atoms with van der Waals surface area (Å²) >= 11 is 0. The first-order chi connectivity index (χ1) is 5.68. The van der Waals surface area contributed by atoms with Gasteiger partial charge in [-0.1, -0.05) is 18.3 Å². The third-order valence-electron chi connectivity index (χ3n) is 3.07. The average Bonchev–Trinajstić information content (AvgIpc) is 2.68. The fraction of sp³-hybridized carbons (Fsp3) is 0.800. The predicted molar refractivity (Wildman–Crippen MR) is 49.3 cm³/mol. The molecule has 4 N–H and O–H groups in total. The monoisotopic (exact) mass is 164 g/mol. The molecule has 2 heteroatoms. The molecule has 2 aliphatic carbocycles. The van der Waals surface area contributed by atoms with Gasteiger partial charge in [-0.25, -0.2) is 0 Å². The number of hydrogen-bond acceptors (Lipinski definition) is 2. The highest BCUT2D eigenvalue weighted by Crippen LogP contribution is 2.40. The van der Waals surface area contributed by atoms with Gasteiger partial charge >= 0.3 is 0 Å². The third kappa shape index (κ3) is 1.35. The minimum Gasteiger partial charge on any atom is -0.329 e. The van der Waals surface area contributed by atoms with E-state index in [0.29, 0.717) is 6.54 Å². The normalized spacial score (nSPS) is 28.2. The molecule has 0 saturated heterocycles. The molecule has 0 aromatic rings. The molecule has 66 valence electrons. The van der Waals surface area contributed by atoms with Crippen LogP contribution in [0.1, 0.15) is 32.1 Å². The van der Waals surface area contributed by atoms with E-state index in [4.69, 9.17) is 11.5 Å². The number of nitrogens with two attached hydrogens (primary N) is 2. The summed E-state index contributed by atoms with van der Waals surface area (Å²) in [5, 5.41) is 0. The van der Waals surface area contributed by atoms with Crippen LogP contribution in [0.25, 0.3) is 0 Å². The van der Waals surface area contributed by atoms with Gasteiger partial charge in [0.1, 0.15) is 0 Å². The molecule has 2 rings (SSSR count). The average molecular weight is 164 g/mol. The maximum absolute atomic E-state index is 5.87. The van der Waals surface area contributed by atoms with Crippen molar-refractivity contribution in [2.75, 3.05) is 6.54 Å². The molecular weight excluding hydrogens is 148 g/mol. The van der Waals surface area contributed by atoms with E-state index in [1.165, 1.54) is 19.3 Å². The highest BCUT2D eigenvalue weighted by Gasteiger charge is 2.38. The molecule has 0 aromatic heterocycles. The number of hydrogen-bond donors (Lipinski definition) is 2. The zero-order valence-electron chi connectivity index (χ0n) is 7.40. The van der Waals surface area contributed by atoms with E-state index < -0.39 is 0 Å². The highest BCUT2D eigenvalue weighted by molar-refractivity contribution is 5.29. The lowest BCUT2D eigenvalue weighted by Crippen LogP contribution is -2.36. The molecule has 2 fully saturated rings. The lowest BCUT2D eigenvalue weighted by molar-refractivity contribution is 0.229. The second-order valence-electron chi connectivity index (χ2n) is 4.24. The Kier molecular flexibility index (Phi) is 1.67. The van der Waals surface area contributed by atoms with Crippen molar-refractivity contribution >= 4 is 0 Å². The van der Waals surface area contributed by atoms with E-state index in [1.807, 2.05) is 0 Å². The maximum atomic E-state index is 5.87. The quantitative estimate of drug-likeness (QED) is 0.558. The molecule has 0 unspecified atom stereocenters. The molecule has 2 saturated carbocycles. The van der Waals surface area contributed by atoms with Crippen molar-refractivity contribution in [2.45, 2.75) is 37.6 Å². The SMILES string of the molecule is NCC1(C#CC2(N)CC2)CCC1. The Morgan fingerprint density at radius 2 is 1.75 bits per heavy atom. The number of rotatable bonds is 1. The molecule has 0 spiro atoms. The fourth-order valence-corrected chi connectivity index (χ4v) is 1.50. The molecule has 2 nitrogen and oxygen atoms in total. The Hall–Kier alpha value is -0.520. The molecular formula is C10H16N2. The summed E-state index contributed by atoms with van der Waals surface area (Å²) in [7, 11) is 0. The van der Waals surface area contributed by atoms with Crippen LogP contribution in [0.5, 0.6) is 0 Å². The molecule has 12 heavy (non-hydrogen) atoms. The lowest BCUT2D eigenvalue weighted by Gasteiger charge is -2.35. The van der Waals surface area contributed by atoms with Gasteiger partial charge in [-0.3, -0.25) is 0 Å². The molecule has 0 bridgehead atoms. The van der Waals surface area contributed by atoms with Gasteiger partial charge in [0.25, 0.3) is 0 Å². The lowest BCUT2D eigenvalue weighted by atomic mass is 9.69. The Morgan fingerprint density at radius 3 is 2.08 bits per heavy atom. The van der Waals surface area contributed by atoms with Gasteiger partial charge in [0.05, 0.1) is 5.54 Å². The van der Waals surface area contributed by atoms with Crippen LogP contribution in [0.4, 0.5) is 0 Å². The van der Waals surface area contributed by atoms with E-state index in [9.17, 15) is 0 Å². The molecule has 0 aliphatic heterocycles. The maximum Gasteiger partial charge on any atom is 0.0778 e. The van der Waals surface area contributed by atoms with E-state index in [0.717, 1.165) is 12.8 Å². The van der Waals surface area contributed by atoms with Crippen LogP contribution in [0.2, 0.25) is 0 Å². The summed E-state index contributed by atoms with van der Waals surface area (Å²) in [6.07, 6.45) is 5.77. The summed E-state index contributed by atoms with van der Waals surface area (Å²) in [6, 6.07) is 0. The minimum absolute atomic E-state index is 0.127. The molecule has 0 radical (unpaired) electrons. The molecule has 0 amide bonds. The topological polar surface area (TPSA) is 52.0 Å². The summed E-state index contributed by atoms with van der Waals surface area (Å²) in [6.45, 7) is 0.704. The Morgan fingerprint density at radius 1 is 1.08 bits per heavy atom. The Labute approximate surface area is 73.7 Å². The zero-order chi connectivity index (χ0) is 8.66. The van der Waals surface area contributed by atoms with Crippen molar-refractivity contribution < 1.29 is 0 Å². The second kappa shape index (κ2) is 2.48. The highest BCUT2D eigenvalue weighted by atomic mass is 14.8. The van der Waals surface area contributed by atoms with Crippen LogP contribution < -0.4 is 11.5 Å². The van der Waals surface area contributed by atoms with Gasteiger partial charge in [0.15, 0.2) is 0 Å². The summed E-state index contributed by atoms with van der Waals surface area (Å²) in [5.41, 5.74) is 11.6. The van der Waals surface area contributed by atoms with Crippen molar-refractivity contribution in [3.8, 4) is 11.8 Å². The molecule has 0 heterocycles. The van der Waals surface area contributed by atoms with Gasteiger partial charge in [-0.2, -0.15) is 0 Å². The minimum atomic E-state index is -0.127. The Balaban J connectivity index is 2.02. The summed E-state index contributed by atoms with van der Waals surface area (Å²) < 4.78 is 0. The van der Waals surface area contributed by atoms with Crippen molar-refractivity contribution in [3.05, 3.63) is 0 Å².